The summed E-state index contributed by atoms with van der Waals surface area (Å²) in [5.41, 5.74) is 3.48. The molecule has 0 spiro atoms. The average molecular weight is 393 g/mol. The van der Waals surface area contributed by atoms with Crippen LogP contribution >= 0.6 is 0 Å². The monoisotopic (exact) mass is 392 g/mol. The van der Waals surface area contributed by atoms with Crippen molar-refractivity contribution in [1.29, 1.82) is 0 Å². The van der Waals surface area contributed by atoms with Crippen LogP contribution in [-0.2, 0) is 0 Å². The Balaban J connectivity index is 1.59. The summed E-state index contributed by atoms with van der Waals surface area (Å²) >= 11 is 0. The maximum atomic E-state index is 12.3. The third-order valence-corrected chi connectivity index (χ3v) is 6.62. The maximum Gasteiger partial charge on any atom is 0.165 e. The highest BCUT2D eigenvalue weighted by Crippen LogP contribution is 2.38. The lowest BCUT2D eigenvalue weighted by atomic mass is 9.72. The molecule has 0 amide bonds. The molecule has 0 bridgehead atoms. The third-order valence-electron chi connectivity index (χ3n) is 6.62. The van der Waals surface area contributed by atoms with E-state index in [9.17, 15) is 4.79 Å². The van der Waals surface area contributed by atoms with E-state index in [1.54, 1.807) is 0 Å². The number of carbonyl (C=O) groups excluding carboxylic acids is 1. The zero-order chi connectivity index (χ0) is 21.0. The van der Waals surface area contributed by atoms with Crippen molar-refractivity contribution in [3.8, 4) is 16.9 Å². The van der Waals surface area contributed by atoms with Crippen molar-refractivity contribution in [3.63, 3.8) is 0 Å². The summed E-state index contributed by atoms with van der Waals surface area (Å²) in [6.45, 7) is 11.1. The van der Waals surface area contributed by atoms with Crippen molar-refractivity contribution < 1.29 is 9.53 Å². The Hall–Kier alpha value is -2.09. The largest absolute Gasteiger partial charge is 0.490 e. The summed E-state index contributed by atoms with van der Waals surface area (Å²) in [6, 6.07) is 16.3. The Morgan fingerprint density at radius 1 is 0.931 bits per heavy atom. The Bertz CT molecular complexity index is 788. The first-order valence-corrected chi connectivity index (χ1v) is 11.2. The molecule has 0 heterocycles. The van der Waals surface area contributed by atoms with Crippen LogP contribution in [0.5, 0.6) is 5.75 Å². The molecule has 1 aliphatic carbocycles. The maximum absolute atomic E-state index is 12.3. The lowest BCUT2D eigenvalue weighted by Gasteiger charge is -2.36. The third kappa shape index (κ3) is 5.50. The highest BCUT2D eigenvalue weighted by atomic mass is 16.5. The second kappa shape index (κ2) is 9.15. The van der Waals surface area contributed by atoms with Gasteiger partial charge < -0.3 is 4.74 Å². The van der Waals surface area contributed by atoms with E-state index in [0.717, 1.165) is 47.6 Å². The van der Waals surface area contributed by atoms with Crippen molar-refractivity contribution in [2.75, 3.05) is 0 Å². The molecule has 3 rings (SSSR count). The van der Waals surface area contributed by atoms with E-state index in [1.165, 1.54) is 12.8 Å². The van der Waals surface area contributed by atoms with Gasteiger partial charge in [-0.15, -0.1) is 0 Å². The van der Waals surface area contributed by atoms with Gasteiger partial charge in [-0.05, 0) is 66.7 Å². The lowest BCUT2D eigenvalue weighted by Crippen LogP contribution is -2.30. The fraction of sp³-hybridized carbons (Fsp3) is 0.519. The SMILES string of the molecule is CCC(C)C(=O)c1ccc(-c2ccc(OC3CCC(C(C)(C)C)CC3)cc2)cc1. The molecule has 1 aliphatic rings. The first-order chi connectivity index (χ1) is 13.8. The van der Waals surface area contributed by atoms with E-state index in [4.69, 9.17) is 4.74 Å². The normalized spacial score (nSPS) is 20.9. The van der Waals surface area contributed by atoms with E-state index < -0.39 is 0 Å². The number of hydrogen-bond donors (Lipinski definition) is 0. The van der Waals surface area contributed by atoms with Crippen LogP contribution in [0.1, 0.15) is 77.1 Å². The van der Waals surface area contributed by atoms with Crippen LogP contribution in [0.25, 0.3) is 11.1 Å². The molecule has 2 aromatic carbocycles. The van der Waals surface area contributed by atoms with Gasteiger partial charge in [0.15, 0.2) is 5.78 Å². The van der Waals surface area contributed by atoms with E-state index in [2.05, 4.69) is 52.0 Å². The van der Waals surface area contributed by atoms with Gasteiger partial charge in [-0.3, -0.25) is 4.79 Å². The molecule has 0 N–H and O–H groups in total. The number of benzene rings is 2. The van der Waals surface area contributed by atoms with Crippen LogP contribution in [0, 0.1) is 17.3 Å². The standard InChI is InChI=1S/C27H36O2/c1-6-19(2)26(28)22-9-7-20(8-10-22)21-11-15-24(16-12-21)29-25-17-13-23(14-18-25)27(3,4)5/h7-12,15-16,19,23,25H,6,13-14,17-18H2,1-5H3. The molecule has 0 aliphatic heterocycles. The van der Waals surface area contributed by atoms with Crippen LogP contribution in [0.2, 0.25) is 0 Å². The van der Waals surface area contributed by atoms with Crippen molar-refractivity contribution in [3.05, 3.63) is 54.1 Å². The summed E-state index contributed by atoms with van der Waals surface area (Å²) < 4.78 is 6.25. The molecule has 0 radical (unpaired) electrons. The second-order valence-electron chi connectivity index (χ2n) is 9.73. The number of Topliss-reactive ketones (excluding diaryl/α,β-unsaturated/α-hetero) is 1. The van der Waals surface area contributed by atoms with Crippen molar-refractivity contribution in [1.82, 2.24) is 0 Å². The topological polar surface area (TPSA) is 26.3 Å². The molecule has 29 heavy (non-hydrogen) atoms. The smallest absolute Gasteiger partial charge is 0.165 e. The minimum atomic E-state index is 0.0794. The molecule has 156 valence electrons. The van der Waals surface area contributed by atoms with Crippen molar-refractivity contribution >= 4 is 5.78 Å². The lowest BCUT2D eigenvalue weighted by molar-refractivity contribution is 0.0882. The molecule has 1 unspecified atom stereocenters. The quantitative estimate of drug-likeness (QED) is 0.474. The molecular weight excluding hydrogens is 356 g/mol. The van der Waals surface area contributed by atoms with Gasteiger partial charge in [0.05, 0.1) is 6.10 Å². The van der Waals surface area contributed by atoms with Crippen LogP contribution in [-0.4, -0.2) is 11.9 Å². The van der Waals surface area contributed by atoms with Crippen LogP contribution in [0.15, 0.2) is 48.5 Å². The number of ether oxygens (including phenoxy) is 1. The fourth-order valence-electron chi connectivity index (χ4n) is 4.26. The number of rotatable bonds is 6. The van der Waals surface area contributed by atoms with Gasteiger partial charge in [0.2, 0.25) is 0 Å². The van der Waals surface area contributed by atoms with Crippen molar-refractivity contribution in [2.45, 2.75) is 72.8 Å². The molecule has 2 nitrogen and oxygen atoms in total. The summed E-state index contributed by atoms with van der Waals surface area (Å²) in [7, 11) is 0. The van der Waals surface area contributed by atoms with E-state index in [-0.39, 0.29) is 11.7 Å². The molecule has 2 heteroatoms. The van der Waals surface area contributed by atoms with Gasteiger partial charge in [-0.1, -0.05) is 71.0 Å². The Labute approximate surface area is 176 Å². The highest BCUT2D eigenvalue weighted by Gasteiger charge is 2.30. The van der Waals surface area contributed by atoms with Crippen LogP contribution in [0.4, 0.5) is 0 Å². The zero-order valence-electron chi connectivity index (χ0n) is 18.7. The second-order valence-corrected chi connectivity index (χ2v) is 9.73. The molecule has 0 saturated heterocycles. The molecule has 2 aromatic rings. The summed E-state index contributed by atoms with van der Waals surface area (Å²) in [5, 5.41) is 0. The Kier molecular flexibility index (Phi) is 6.82. The first kappa shape index (κ1) is 21.6. The number of hydrogen-bond acceptors (Lipinski definition) is 2. The summed E-state index contributed by atoms with van der Waals surface area (Å²) in [6.07, 6.45) is 6.03. The highest BCUT2D eigenvalue weighted by molar-refractivity contribution is 5.98. The van der Waals surface area contributed by atoms with Crippen LogP contribution in [0.3, 0.4) is 0 Å². The molecular formula is C27H36O2. The number of carbonyl (C=O) groups is 1. The summed E-state index contributed by atoms with van der Waals surface area (Å²) in [5.74, 6) is 2.07. The van der Waals surface area contributed by atoms with Gasteiger partial charge in [0, 0.05) is 11.5 Å². The van der Waals surface area contributed by atoms with Gasteiger partial charge >= 0.3 is 0 Å². The molecule has 1 saturated carbocycles. The predicted molar refractivity (Wildman–Crippen MR) is 121 cm³/mol. The molecule has 1 atom stereocenters. The zero-order valence-corrected chi connectivity index (χ0v) is 18.7. The minimum absolute atomic E-state index is 0.0794. The number of ketones is 1. The predicted octanol–water partition coefficient (Wildman–Crippen LogP) is 7.57. The van der Waals surface area contributed by atoms with E-state index in [1.807, 2.05) is 31.2 Å². The van der Waals surface area contributed by atoms with Crippen molar-refractivity contribution in [2.24, 2.45) is 17.3 Å². The molecule has 1 fully saturated rings. The van der Waals surface area contributed by atoms with Gasteiger partial charge in [0.1, 0.15) is 5.75 Å². The average Bonchev–Trinajstić information content (AvgIpc) is 2.73. The Morgan fingerprint density at radius 2 is 1.45 bits per heavy atom. The van der Waals surface area contributed by atoms with Gasteiger partial charge in [0.25, 0.3) is 0 Å². The summed E-state index contributed by atoms with van der Waals surface area (Å²) in [4.78, 5) is 12.3. The first-order valence-electron chi connectivity index (χ1n) is 11.2. The van der Waals surface area contributed by atoms with Gasteiger partial charge in [-0.25, -0.2) is 0 Å². The van der Waals surface area contributed by atoms with Gasteiger partial charge in [-0.2, -0.15) is 0 Å². The minimum Gasteiger partial charge on any atom is -0.490 e. The van der Waals surface area contributed by atoms with E-state index >= 15 is 0 Å². The fourth-order valence-corrected chi connectivity index (χ4v) is 4.26. The van der Waals surface area contributed by atoms with Crippen LogP contribution < -0.4 is 4.74 Å². The Morgan fingerprint density at radius 3 is 1.93 bits per heavy atom. The van der Waals surface area contributed by atoms with E-state index in [0.29, 0.717) is 11.5 Å². The molecule has 0 aromatic heterocycles.